The monoisotopic (exact) mass is 313 g/mol. The van der Waals surface area contributed by atoms with Gasteiger partial charge in [0.1, 0.15) is 6.04 Å². The lowest BCUT2D eigenvalue weighted by Crippen LogP contribution is -2.38. The van der Waals surface area contributed by atoms with E-state index in [0.717, 1.165) is 0 Å². The molecule has 0 saturated carbocycles. The van der Waals surface area contributed by atoms with Gasteiger partial charge in [0.05, 0.1) is 6.29 Å². The number of aliphatic carboxylic acids is 1. The van der Waals surface area contributed by atoms with Crippen molar-refractivity contribution in [3.8, 4) is 0 Å². The predicted octanol–water partition coefficient (Wildman–Crippen LogP) is -1.56. The molecule has 0 heterocycles. The molecule has 0 bridgehead atoms. The molecule has 6 N–H and O–H groups in total. The molecule has 0 aromatic rings. The van der Waals surface area contributed by atoms with Gasteiger partial charge in [-0.15, -0.1) is 0 Å². The maximum absolute atomic E-state index is 10.3. The van der Waals surface area contributed by atoms with E-state index in [1.165, 1.54) is 0 Å². The molecule has 0 aliphatic carbocycles. The summed E-state index contributed by atoms with van der Waals surface area (Å²) in [7, 11) is -8.85. The van der Waals surface area contributed by atoms with Crippen molar-refractivity contribution < 1.29 is 41.8 Å². The summed E-state index contributed by atoms with van der Waals surface area (Å²) in [6, 6.07) is -1.03. The highest BCUT2D eigenvalue weighted by Crippen LogP contribution is 2.32. The maximum atomic E-state index is 10.3. The first-order valence-corrected chi connectivity index (χ1v) is 7.51. The molecule has 104 valence electrons. The van der Waals surface area contributed by atoms with E-state index in [2.05, 4.69) is 17.9 Å². The molecule has 0 spiro atoms. The number of hydrogen-bond donors (Lipinski definition) is 7. The fourth-order valence-electron chi connectivity index (χ4n) is 0.459. The zero-order valence-electron chi connectivity index (χ0n) is 8.16. The Bertz CT molecular complexity index is 366. The van der Waals surface area contributed by atoms with Crippen molar-refractivity contribution in [1.82, 2.24) is 5.32 Å². The van der Waals surface area contributed by atoms with Crippen molar-refractivity contribution in [2.75, 3.05) is 12.0 Å². The van der Waals surface area contributed by atoms with Gasteiger partial charge in [-0.2, -0.15) is 21.0 Å². The molecule has 0 rings (SSSR count). The van der Waals surface area contributed by atoms with Crippen LogP contribution in [0.4, 0.5) is 0 Å². The van der Waals surface area contributed by atoms with Gasteiger partial charge in [0.15, 0.2) is 0 Å². The van der Waals surface area contributed by atoms with Gasteiger partial charge in [-0.25, -0.2) is 0 Å². The fourth-order valence-corrected chi connectivity index (χ4v) is 1.20. The normalized spacial score (nSPS) is 13.5. The molecule has 17 heavy (non-hydrogen) atoms. The minimum absolute atomic E-state index is 0.0185. The topological polar surface area (TPSA) is 181 Å². The van der Waals surface area contributed by atoms with Crippen LogP contribution in [0.3, 0.4) is 0 Å². The smallest absolute Gasteiger partial charge is 0.394 e. The van der Waals surface area contributed by atoms with E-state index in [0.29, 0.717) is 0 Å². The summed E-state index contributed by atoms with van der Waals surface area (Å²) in [6.07, 6.45) is -0.648. The van der Waals surface area contributed by atoms with Crippen molar-refractivity contribution in [3.05, 3.63) is 0 Å². The summed E-state index contributed by atoms with van der Waals surface area (Å²) in [5.41, 5.74) is 0. The maximum Gasteiger partial charge on any atom is 0.394 e. The van der Waals surface area contributed by atoms with Gasteiger partial charge in [-0.05, 0) is 0 Å². The average Bonchev–Trinajstić information content (AvgIpc) is 1.98. The number of carbonyl (C=O) groups is 1. The van der Waals surface area contributed by atoms with Crippen LogP contribution >= 0.6 is 20.2 Å². The molecule has 13 heteroatoms. The first kappa shape index (κ1) is 19.1. The molecule has 10 nitrogen and oxygen atoms in total. The summed E-state index contributed by atoms with van der Waals surface area (Å²) in [6.45, 7) is 0. The molecule has 0 aliphatic rings. The van der Waals surface area contributed by atoms with Crippen LogP contribution in [-0.2, 0) is 19.8 Å². The Hall–Kier alpha value is -0.200. The second-order valence-electron chi connectivity index (χ2n) is 2.55. The molecule has 0 aliphatic heterocycles. The molecular formula is C4H12NO9PS2. The van der Waals surface area contributed by atoms with Gasteiger partial charge >= 0.3 is 24.0 Å². The average molecular weight is 313 g/mol. The van der Waals surface area contributed by atoms with Crippen LogP contribution in [0.1, 0.15) is 0 Å². The van der Waals surface area contributed by atoms with Crippen LogP contribution < -0.4 is 5.32 Å². The van der Waals surface area contributed by atoms with Crippen LogP contribution in [-0.4, -0.2) is 56.5 Å². The number of rotatable bonds is 5. The zero-order chi connectivity index (χ0) is 14.3. The highest BCUT2D eigenvalue weighted by atomic mass is 32.3. The van der Waals surface area contributed by atoms with Crippen LogP contribution in [0, 0.1) is 0 Å². The van der Waals surface area contributed by atoms with Crippen molar-refractivity contribution in [2.45, 2.75) is 6.04 Å². The van der Waals surface area contributed by atoms with Gasteiger partial charge in [-0.3, -0.25) is 23.8 Å². The van der Waals surface area contributed by atoms with Gasteiger partial charge in [0.25, 0.3) is 0 Å². The van der Waals surface area contributed by atoms with E-state index < -0.39 is 36.3 Å². The Kier molecular flexibility index (Phi) is 9.01. The molecule has 0 radical (unpaired) electrons. The Morgan fingerprint density at radius 3 is 1.88 bits per heavy atom. The van der Waals surface area contributed by atoms with Crippen molar-refractivity contribution in [1.29, 1.82) is 0 Å². The van der Waals surface area contributed by atoms with Crippen molar-refractivity contribution in [2.24, 2.45) is 0 Å². The van der Waals surface area contributed by atoms with Crippen LogP contribution in [0.5, 0.6) is 0 Å². The van der Waals surface area contributed by atoms with Crippen molar-refractivity contribution in [3.63, 3.8) is 0 Å². The molecule has 0 amide bonds. The first-order chi connectivity index (χ1) is 7.37. The summed E-state index contributed by atoms with van der Waals surface area (Å²) in [5, 5.41) is 10.6. The molecule has 0 fully saturated rings. The largest absolute Gasteiger partial charge is 0.480 e. The van der Waals surface area contributed by atoms with E-state index in [1.807, 2.05) is 0 Å². The van der Waals surface area contributed by atoms with Crippen molar-refractivity contribution >= 4 is 36.6 Å². The van der Waals surface area contributed by atoms with E-state index in [4.69, 9.17) is 32.4 Å². The molecule has 0 unspecified atom stereocenters. The lowest BCUT2D eigenvalue weighted by atomic mass is 10.3. The lowest BCUT2D eigenvalue weighted by molar-refractivity contribution is -0.138. The number of hydrogen-bond acceptors (Lipinski definition) is 6. The molecule has 0 saturated heterocycles. The second-order valence-corrected chi connectivity index (χ2v) is 5.45. The Labute approximate surface area is 102 Å². The van der Waals surface area contributed by atoms with E-state index in [9.17, 15) is 9.36 Å². The third-order valence-corrected chi connectivity index (χ3v) is 1.98. The standard InChI is InChI=1S/C4H10NO5PS.H2O4S/c6-4(7)3(1-12)5-2-11(8,9)10;1-5(2,3)4/h3,5,12H,1-2H2,(H,6,7)(H2,8,9,10);(H2,1,2,3,4)/t3-;/m0./s1. The van der Waals surface area contributed by atoms with E-state index >= 15 is 0 Å². The highest BCUT2D eigenvalue weighted by molar-refractivity contribution is 7.80. The lowest BCUT2D eigenvalue weighted by Gasteiger charge is -2.11. The molecule has 0 aromatic heterocycles. The van der Waals surface area contributed by atoms with Gasteiger partial charge in [0.2, 0.25) is 0 Å². The van der Waals surface area contributed by atoms with Gasteiger partial charge in [0, 0.05) is 5.75 Å². The fraction of sp³-hybridized carbons (Fsp3) is 0.750. The second kappa shape index (κ2) is 8.00. The third kappa shape index (κ3) is 21.6. The van der Waals surface area contributed by atoms with E-state index in [1.54, 1.807) is 0 Å². The number of nitrogens with one attached hydrogen (secondary N) is 1. The van der Waals surface area contributed by atoms with Crippen LogP contribution in [0.15, 0.2) is 0 Å². The van der Waals surface area contributed by atoms with Crippen LogP contribution in [0.25, 0.3) is 0 Å². The summed E-state index contributed by atoms with van der Waals surface area (Å²) < 4.78 is 41.9. The first-order valence-electron chi connectivity index (χ1n) is 3.68. The molecule has 0 aromatic carbocycles. The predicted molar refractivity (Wildman–Crippen MR) is 59.5 cm³/mol. The highest BCUT2D eigenvalue weighted by Gasteiger charge is 2.19. The van der Waals surface area contributed by atoms with Gasteiger partial charge < -0.3 is 14.9 Å². The Morgan fingerprint density at radius 1 is 1.35 bits per heavy atom. The molecular weight excluding hydrogens is 301 g/mol. The summed E-state index contributed by atoms with van der Waals surface area (Å²) in [5.74, 6) is -1.20. The Morgan fingerprint density at radius 2 is 1.71 bits per heavy atom. The van der Waals surface area contributed by atoms with Gasteiger partial charge in [-0.1, -0.05) is 0 Å². The zero-order valence-corrected chi connectivity index (χ0v) is 10.8. The molecule has 1 atom stereocenters. The number of carboxylic acid groups (broad SMARTS) is 1. The quantitative estimate of drug-likeness (QED) is 0.178. The SMILES string of the molecule is O=C(O)[C@H](CS)NCP(=O)(O)O.O=S(=O)(O)O. The summed E-state index contributed by atoms with van der Waals surface area (Å²) in [4.78, 5) is 27.0. The van der Waals surface area contributed by atoms with Crippen LogP contribution in [0.2, 0.25) is 0 Å². The minimum Gasteiger partial charge on any atom is -0.480 e. The van der Waals surface area contributed by atoms with E-state index in [-0.39, 0.29) is 5.75 Å². The number of thiol groups is 1. The number of carboxylic acids is 1. The summed E-state index contributed by atoms with van der Waals surface area (Å²) >= 11 is 3.69. The Balaban J connectivity index is 0. The minimum atomic E-state index is -4.67. The third-order valence-electron chi connectivity index (χ3n) is 1.02.